The first-order valence-electron chi connectivity index (χ1n) is 16.7. The molecule has 0 atom stereocenters. The van der Waals surface area contributed by atoms with Crippen LogP contribution in [0.5, 0.6) is 11.5 Å². The van der Waals surface area contributed by atoms with E-state index in [1.165, 1.54) is 12.1 Å². The van der Waals surface area contributed by atoms with Crippen molar-refractivity contribution in [1.29, 1.82) is 0 Å². The van der Waals surface area contributed by atoms with Crippen molar-refractivity contribution in [2.24, 2.45) is 4.99 Å². The molecule has 55 heavy (non-hydrogen) atoms. The van der Waals surface area contributed by atoms with Gasteiger partial charge in [0.25, 0.3) is 32.1 Å². The number of nitrogens with one attached hydrogen (secondary N) is 1. The molecule has 4 aliphatic heterocycles. The summed E-state index contributed by atoms with van der Waals surface area (Å²) in [6, 6.07) is 9.85. The van der Waals surface area contributed by atoms with Crippen molar-refractivity contribution in [2.45, 2.75) is 51.6 Å². The van der Waals surface area contributed by atoms with Crippen LogP contribution >= 0.6 is 0 Å². The molecule has 0 saturated carbocycles. The number of carboxylic acids is 1. The van der Waals surface area contributed by atoms with E-state index in [0.29, 0.717) is 27.2 Å². The van der Waals surface area contributed by atoms with Gasteiger partial charge in [-0.2, -0.15) is 16.8 Å². The van der Waals surface area contributed by atoms with Gasteiger partial charge < -0.3 is 20.0 Å². The topological polar surface area (TPSA) is 243 Å². The maximum absolute atomic E-state index is 13.1. The Morgan fingerprint density at radius 3 is 2.09 bits per heavy atom. The Morgan fingerprint density at radius 2 is 1.47 bits per heavy atom. The highest BCUT2D eigenvalue weighted by molar-refractivity contribution is 7.86. The molecule has 18 heteroatoms. The SMILES string of the molecule is CC1(C)C=C(CS(=O)(=O)O)c2cc3c(cc2=N1)Oc1cc2c(cc1C=3c1ccc(C(=O)ON3C(=O)CCC3=O)cc1C(=O)O)C(CS(=O)(=O)O)=CC(C)(C)N2. The van der Waals surface area contributed by atoms with Gasteiger partial charge in [-0.05, 0) is 68.7 Å². The number of carbonyl (C=O) groups is 4. The number of imide groups is 1. The number of carboxylic acid groups (broad SMARTS) is 1. The van der Waals surface area contributed by atoms with Crippen LogP contribution in [-0.4, -0.2) is 82.4 Å². The van der Waals surface area contributed by atoms with Gasteiger partial charge in [-0.15, -0.1) is 5.06 Å². The highest BCUT2D eigenvalue weighted by Crippen LogP contribution is 2.45. The highest BCUT2D eigenvalue weighted by Gasteiger charge is 2.35. The summed E-state index contributed by atoms with van der Waals surface area (Å²) < 4.78 is 74.8. The molecule has 1 fully saturated rings. The number of hydrogen-bond acceptors (Lipinski definition) is 12. The van der Waals surface area contributed by atoms with Gasteiger partial charge in [-0.3, -0.25) is 23.7 Å². The zero-order valence-electron chi connectivity index (χ0n) is 29.7. The zero-order chi connectivity index (χ0) is 40.0. The normalized spacial score (nSPS) is 18.0. The van der Waals surface area contributed by atoms with Crippen LogP contribution in [0, 0.1) is 0 Å². The van der Waals surface area contributed by atoms with E-state index in [0.717, 1.165) is 6.07 Å². The van der Waals surface area contributed by atoms with Crippen LogP contribution in [0.4, 0.5) is 5.69 Å². The largest absolute Gasteiger partial charge is 0.478 e. The number of nitrogens with zero attached hydrogens (tertiary/aromatic N) is 2. The molecule has 286 valence electrons. The fourth-order valence-corrected chi connectivity index (χ4v) is 8.48. The number of benzene rings is 3. The van der Waals surface area contributed by atoms with E-state index < -0.39 is 72.1 Å². The lowest BCUT2D eigenvalue weighted by Gasteiger charge is -2.34. The first kappa shape index (κ1) is 37.6. The van der Waals surface area contributed by atoms with Crippen LogP contribution in [0.25, 0.3) is 16.7 Å². The van der Waals surface area contributed by atoms with E-state index in [2.05, 4.69) is 5.32 Å². The van der Waals surface area contributed by atoms with Gasteiger partial charge in [0.1, 0.15) is 23.0 Å². The molecule has 4 heterocycles. The van der Waals surface area contributed by atoms with Crippen molar-refractivity contribution in [3.05, 3.63) is 98.6 Å². The number of ether oxygens (including phenoxy) is 1. The van der Waals surface area contributed by atoms with E-state index in [1.54, 1.807) is 64.1 Å². The molecule has 16 nitrogen and oxygen atoms in total. The summed E-state index contributed by atoms with van der Waals surface area (Å²) in [5, 5.41) is 14.8. The minimum Gasteiger partial charge on any atom is -0.478 e. The van der Waals surface area contributed by atoms with Crippen LogP contribution in [0.3, 0.4) is 0 Å². The number of amides is 2. The lowest BCUT2D eigenvalue weighted by atomic mass is 9.84. The number of aromatic carboxylic acids is 1. The summed E-state index contributed by atoms with van der Waals surface area (Å²) in [6.07, 6.45) is 2.91. The number of rotatable bonds is 8. The Kier molecular flexibility index (Phi) is 8.68. The Hall–Kier alpha value is -5.69. The molecule has 0 aliphatic carbocycles. The van der Waals surface area contributed by atoms with Gasteiger partial charge >= 0.3 is 11.9 Å². The lowest BCUT2D eigenvalue weighted by Crippen LogP contribution is -2.33. The summed E-state index contributed by atoms with van der Waals surface area (Å²) in [7, 11) is -9.06. The second-order valence-electron chi connectivity index (χ2n) is 14.7. The van der Waals surface area contributed by atoms with Crippen LogP contribution in [0.2, 0.25) is 0 Å². The van der Waals surface area contributed by atoms with Gasteiger partial charge in [0.05, 0.1) is 27.6 Å². The first-order valence-corrected chi connectivity index (χ1v) is 19.9. The number of hydrogen-bond donors (Lipinski definition) is 4. The van der Waals surface area contributed by atoms with Crippen molar-refractivity contribution < 1.29 is 59.8 Å². The summed E-state index contributed by atoms with van der Waals surface area (Å²) in [5.74, 6) is -5.25. The summed E-state index contributed by atoms with van der Waals surface area (Å²) in [4.78, 5) is 60.1. The fourth-order valence-electron chi connectivity index (χ4n) is 7.22. The third kappa shape index (κ3) is 7.40. The molecule has 7 rings (SSSR count). The minimum absolute atomic E-state index is 0.0286. The predicted octanol–water partition coefficient (Wildman–Crippen LogP) is 3.12. The summed E-state index contributed by atoms with van der Waals surface area (Å²) in [6.45, 7) is 7.07. The Balaban J connectivity index is 1.51. The second kappa shape index (κ2) is 12.7. The monoisotopic (exact) mass is 791 g/mol. The van der Waals surface area contributed by atoms with Gasteiger partial charge in [0.2, 0.25) is 0 Å². The van der Waals surface area contributed by atoms with Gasteiger partial charge in [0, 0.05) is 58.1 Å². The molecular weight excluding hydrogens is 759 g/mol. The molecule has 0 unspecified atom stereocenters. The van der Waals surface area contributed by atoms with Crippen LogP contribution in [0.1, 0.15) is 83.5 Å². The standard InChI is InChI=1S/C37H33N3O13S2/c1-36(2)14-19(16-54(46,47)48)22-10-25-29(12-27(22)38-36)52-30-13-28-23(20(17-55(49,50)51)15-37(3,4)39-28)11-26(30)33(25)21-6-5-18(9-24(21)34(43)44)35(45)53-40-31(41)7-8-32(40)42/h5-6,9-15,38H,7-8,16-17H2,1-4H3,(H,43,44)(H,46,47,48)(H,49,50,51). The van der Waals surface area contributed by atoms with E-state index >= 15 is 0 Å². The number of hydroxylamine groups is 2. The molecule has 2 amide bonds. The molecule has 4 aliphatic rings. The third-order valence-electron chi connectivity index (χ3n) is 9.21. The van der Waals surface area contributed by atoms with Crippen molar-refractivity contribution in [1.82, 2.24) is 5.06 Å². The number of carbonyl (C=O) groups excluding carboxylic acids is 3. The Morgan fingerprint density at radius 1 is 0.836 bits per heavy atom. The predicted molar refractivity (Wildman–Crippen MR) is 196 cm³/mol. The molecular formula is C37H33N3O13S2. The number of anilines is 1. The molecule has 4 N–H and O–H groups in total. The maximum atomic E-state index is 13.1. The molecule has 0 aromatic heterocycles. The second-order valence-corrected chi connectivity index (χ2v) is 17.6. The smallest absolute Gasteiger partial charge is 0.363 e. The summed E-state index contributed by atoms with van der Waals surface area (Å²) >= 11 is 0. The Labute approximate surface area is 313 Å². The third-order valence-corrected chi connectivity index (χ3v) is 10.6. The van der Waals surface area contributed by atoms with E-state index in [9.17, 15) is 50.2 Å². The van der Waals surface area contributed by atoms with Crippen molar-refractivity contribution in [3.63, 3.8) is 0 Å². The van der Waals surface area contributed by atoms with Crippen molar-refractivity contribution in [2.75, 3.05) is 16.8 Å². The fraction of sp³-hybridized carbons (Fsp3) is 0.270. The average Bonchev–Trinajstić information content (AvgIpc) is 3.35. The number of fused-ring (bicyclic) bond motifs is 4. The first-order chi connectivity index (χ1) is 25.5. The molecule has 0 bridgehead atoms. The molecule has 3 aromatic rings. The molecule has 1 saturated heterocycles. The average molecular weight is 792 g/mol. The van der Waals surface area contributed by atoms with Gasteiger partial charge in [-0.1, -0.05) is 18.2 Å². The zero-order valence-corrected chi connectivity index (χ0v) is 31.3. The lowest BCUT2D eigenvalue weighted by molar-refractivity contribution is -0.172. The minimum atomic E-state index is -4.54. The quantitative estimate of drug-likeness (QED) is 0.148. The van der Waals surface area contributed by atoms with E-state index in [4.69, 9.17) is 14.6 Å². The van der Waals surface area contributed by atoms with Crippen molar-refractivity contribution >= 4 is 66.4 Å². The molecule has 3 aromatic carbocycles. The van der Waals surface area contributed by atoms with E-state index in [-0.39, 0.29) is 63.0 Å². The maximum Gasteiger partial charge on any atom is 0.363 e. The van der Waals surface area contributed by atoms with Gasteiger partial charge in [-0.25, -0.2) is 9.59 Å². The van der Waals surface area contributed by atoms with Gasteiger partial charge in [0.15, 0.2) is 0 Å². The van der Waals surface area contributed by atoms with Crippen LogP contribution in [0.15, 0.2) is 59.6 Å². The Bertz CT molecular complexity index is 2710. The van der Waals surface area contributed by atoms with Crippen molar-refractivity contribution in [3.8, 4) is 11.5 Å². The molecule has 0 radical (unpaired) electrons. The van der Waals surface area contributed by atoms with Crippen LogP contribution in [-0.2, 0) is 34.7 Å². The van der Waals surface area contributed by atoms with E-state index in [1.807, 2.05) is 0 Å². The van der Waals surface area contributed by atoms with Crippen LogP contribution < -0.4 is 20.6 Å². The molecule has 0 spiro atoms. The highest BCUT2D eigenvalue weighted by atomic mass is 32.2. The summed E-state index contributed by atoms with van der Waals surface area (Å²) in [5.41, 5.74) is -0.370.